The zero-order valence-electron chi connectivity index (χ0n) is 11.9. The summed E-state index contributed by atoms with van der Waals surface area (Å²) in [6.45, 7) is 3.24. The number of benzene rings is 1. The Balaban J connectivity index is 2.11. The maximum Gasteiger partial charge on any atom is 0.295 e. The van der Waals surface area contributed by atoms with E-state index >= 15 is 0 Å². The van der Waals surface area contributed by atoms with Gasteiger partial charge in [0.25, 0.3) is 10.0 Å². The van der Waals surface area contributed by atoms with Gasteiger partial charge in [-0.1, -0.05) is 6.92 Å². The second-order valence-corrected chi connectivity index (χ2v) is 5.95. The van der Waals surface area contributed by atoms with Crippen molar-refractivity contribution in [1.82, 2.24) is 5.32 Å². The number of hydrogen-bond acceptors (Lipinski definition) is 5. The Morgan fingerprint density at radius 2 is 1.86 bits per heavy atom. The summed E-state index contributed by atoms with van der Waals surface area (Å²) in [5.74, 6) is 1.23. The molecule has 2 N–H and O–H groups in total. The quantitative estimate of drug-likeness (QED) is 0.819. The first kappa shape index (κ1) is 15.4. The molecule has 0 fully saturated rings. The molecule has 0 atom stereocenters. The van der Waals surface area contributed by atoms with Gasteiger partial charge in [-0.15, -0.1) is 0 Å². The van der Waals surface area contributed by atoms with E-state index in [0.29, 0.717) is 23.7 Å². The van der Waals surface area contributed by atoms with E-state index in [1.165, 1.54) is 6.07 Å². The molecule has 0 aliphatic carbocycles. The molecular formula is C14H18N2O4S. The van der Waals surface area contributed by atoms with E-state index in [1.54, 1.807) is 37.4 Å². The van der Waals surface area contributed by atoms with E-state index < -0.39 is 10.0 Å². The molecule has 7 heteroatoms. The lowest BCUT2D eigenvalue weighted by Crippen LogP contribution is -2.13. The van der Waals surface area contributed by atoms with Crippen LogP contribution < -0.4 is 14.8 Å². The summed E-state index contributed by atoms with van der Waals surface area (Å²) in [5.41, 5.74) is 0.445. The molecule has 2 rings (SSSR count). The van der Waals surface area contributed by atoms with Crippen LogP contribution in [-0.2, 0) is 16.6 Å². The molecule has 6 nitrogen and oxygen atoms in total. The number of ether oxygens (including phenoxy) is 1. The second kappa shape index (κ2) is 6.64. The van der Waals surface area contributed by atoms with Crippen molar-refractivity contribution in [3.8, 4) is 5.75 Å². The van der Waals surface area contributed by atoms with E-state index in [1.807, 2.05) is 6.92 Å². The highest BCUT2D eigenvalue weighted by Gasteiger charge is 2.18. The maximum absolute atomic E-state index is 12.2. The van der Waals surface area contributed by atoms with Crippen molar-refractivity contribution in [3.63, 3.8) is 0 Å². The molecule has 1 heterocycles. The number of rotatable bonds is 7. The summed E-state index contributed by atoms with van der Waals surface area (Å²) in [6, 6.07) is 9.69. The Bertz CT molecular complexity index is 677. The number of nitrogens with one attached hydrogen (secondary N) is 2. The molecule has 0 saturated heterocycles. The van der Waals surface area contributed by atoms with Crippen molar-refractivity contribution in [2.45, 2.75) is 18.6 Å². The summed E-state index contributed by atoms with van der Waals surface area (Å²) < 4.78 is 37.2. The van der Waals surface area contributed by atoms with Crippen LogP contribution in [0.25, 0.3) is 0 Å². The fraction of sp³-hybridized carbons (Fsp3) is 0.286. The molecule has 0 bridgehead atoms. The Morgan fingerprint density at radius 3 is 2.48 bits per heavy atom. The first-order valence-electron chi connectivity index (χ1n) is 6.51. The number of methoxy groups -OCH3 is 1. The molecule has 1 aromatic carbocycles. The van der Waals surface area contributed by atoms with Crippen LogP contribution in [0, 0.1) is 0 Å². The minimum atomic E-state index is -3.72. The predicted molar refractivity (Wildman–Crippen MR) is 79.9 cm³/mol. The van der Waals surface area contributed by atoms with Crippen molar-refractivity contribution in [1.29, 1.82) is 0 Å². The van der Waals surface area contributed by atoms with Gasteiger partial charge in [0.05, 0.1) is 13.7 Å². The Hall–Kier alpha value is -1.99. The molecule has 0 unspecified atom stereocenters. The Morgan fingerprint density at radius 1 is 1.14 bits per heavy atom. The third kappa shape index (κ3) is 3.99. The zero-order chi connectivity index (χ0) is 15.3. The molecule has 0 spiro atoms. The van der Waals surface area contributed by atoms with Crippen molar-refractivity contribution in [3.05, 3.63) is 42.2 Å². The summed E-state index contributed by atoms with van der Waals surface area (Å²) in [6.07, 6.45) is 0. The lowest BCUT2D eigenvalue weighted by Gasteiger charge is -2.06. The van der Waals surface area contributed by atoms with E-state index in [2.05, 4.69) is 10.0 Å². The standard InChI is InChI=1S/C14H18N2O4S/c1-3-15-10-13-8-9-14(20-13)21(17,18)16-11-4-6-12(19-2)7-5-11/h4-9,15-16H,3,10H2,1-2H3. The summed E-state index contributed by atoms with van der Waals surface area (Å²) >= 11 is 0. The molecule has 2 aromatic rings. The number of sulfonamides is 1. The van der Waals surface area contributed by atoms with Crippen LogP contribution in [0.15, 0.2) is 45.9 Å². The molecule has 21 heavy (non-hydrogen) atoms. The largest absolute Gasteiger partial charge is 0.497 e. The average Bonchev–Trinajstić information content (AvgIpc) is 2.95. The van der Waals surface area contributed by atoms with E-state index in [4.69, 9.17) is 9.15 Å². The SMILES string of the molecule is CCNCc1ccc(S(=O)(=O)Nc2ccc(OC)cc2)o1. The van der Waals surface area contributed by atoms with Gasteiger partial charge in [0, 0.05) is 5.69 Å². The zero-order valence-corrected chi connectivity index (χ0v) is 12.7. The molecule has 0 saturated carbocycles. The molecule has 1 aromatic heterocycles. The topological polar surface area (TPSA) is 80.6 Å². The predicted octanol–water partition coefficient (Wildman–Crippen LogP) is 2.20. The second-order valence-electron chi connectivity index (χ2n) is 4.34. The van der Waals surface area contributed by atoms with Gasteiger partial charge in [0.15, 0.2) is 0 Å². The van der Waals surface area contributed by atoms with Crippen LogP contribution in [-0.4, -0.2) is 22.1 Å². The van der Waals surface area contributed by atoms with Crippen LogP contribution in [0.3, 0.4) is 0 Å². The third-order valence-electron chi connectivity index (χ3n) is 2.79. The average molecular weight is 310 g/mol. The minimum absolute atomic E-state index is 0.105. The van der Waals surface area contributed by atoms with E-state index in [-0.39, 0.29) is 5.09 Å². The molecule has 0 aliphatic heterocycles. The van der Waals surface area contributed by atoms with Gasteiger partial charge in [0.1, 0.15) is 11.5 Å². The monoisotopic (exact) mass is 310 g/mol. The van der Waals surface area contributed by atoms with Gasteiger partial charge in [0.2, 0.25) is 5.09 Å². The minimum Gasteiger partial charge on any atom is -0.497 e. The lowest BCUT2D eigenvalue weighted by atomic mass is 10.3. The summed E-state index contributed by atoms with van der Waals surface area (Å²) in [5, 5.41) is 2.96. The van der Waals surface area contributed by atoms with Crippen molar-refractivity contribution in [2.24, 2.45) is 0 Å². The number of hydrogen-bond donors (Lipinski definition) is 2. The number of anilines is 1. The van der Waals surface area contributed by atoms with Crippen molar-refractivity contribution in [2.75, 3.05) is 18.4 Å². The van der Waals surface area contributed by atoms with Crippen LogP contribution >= 0.6 is 0 Å². The van der Waals surface area contributed by atoms with Crippen LogP contribution in [0.4, 0.5) is 5.69 Å². The van der Waals surface area contributed by atoms with E-state index in [9.17, 15) is 8.42 Å². The summed E-state index contributed by atoms with van der Waals surface area (Å²) in [4.78, 5) is 0. The normalized spacial score (nSPS) is 11.3. The highest BCUT2D eigenvalue weighted by atomic mass is 32.2. The van der Waals surface area contributed by atoms with Crippen molar-refractivity contribution >= 4 is 15.7 Å². The first-order valence-corrected chi connectivity index (χ1v) is 8.00. The Labute approximate surface area is 124 Å². The fourth-order valence-electron chi connectivity index (χ4n) is 1.71. The van der Waals surface area contributed by atoms with Crippen LogP contribution in [0.5, 0.6) is 5.75 Å². The highest BCUT2D eigenvalue weighted by Crippen LogP contribution is 2.20. The highest BCUT2D eigenvalue weighted by molar-refractivity contribution is 7.92. The fourth-order valence-corrected chi connectivity index (χ4v) is 2.72. The molecule has 0 aliphatic rings. The molecule has 114 valence electrons. The van der Waals surface area contributed by atoms with Gasteiger partial charge < -0.3 is 14.5 Å². The first-order chi connectivity index (χ1) is 10.0. The van der Waals surface area contributed by atoms with E-state index in [0.717, 1.165) is 6.54 Å². The molecular weight excluding hydrogens is 292 g/mol. The molecule has 0 radical (unpaired) electrons. The molecule has 0 amide bonds. The van der Waals surface area contributed by atoms with Gasteiger partial charge >= 0.3 is 0 Å². The smallest absolute Gasteiger partial charge is 0.295 e. The summed E-state index contributed by atoms with van der Waals surface area (Å²) in [7, 11) is -2.17. The van der Waals surface area contributed by atoms with Gasteiger partial charge in [-0.25, -0.2) is 0 Å². The van der Waals surface area contributed by atoms with Gasteiger partial charge in [-0.05, 0) is 42.9 Å². The van der Waals surface area contributed by atoms with Gasteiger partial charge in [-0.3, -0.25) is 4.72 Å². The van der Waals surface area contributed by atoms with Crippen LogP contribution in [0.2, 0.25) is 0 Å². The lowest BCUT2D eigenvalue weighted by molar-refractivity contribution is 0.405. The van der Waals surface area contributed by atoms with Crippen LogP contribution in [0.1, 0.15) is 12.7 Å². The number of furan rings is 1. The van der Waals surface area contributed by atoms with Gasteiger partial charge in [-0.2, -0.15) is 8.42 Å². The maximum atomic E-state index is 12.2. The Kier molecular flexibility index (Phi) is 4.87. The van der Waals surface area contributed by atoms with Crippen molar-refractivity contribution < 1.29 is 17.6 Å². The third-order valence-corrected chi connectivity index (χ3v) is 4.05.